The second kappa shape index (κ2) is 6.27. The third-order valence-electron chi connectivity index (χ3n) is 3.27. The predicted octanol–water partition coefficient (Wildman–Crippen LogP) is 1.94. The van der Waals surface area contributed by atoms with E-state index in [2.05, 4.69) is 20.8 Å². The highest BCUT2D eigenvalue weighted by atomic mass is 32.2. The summed E-state index contributed by atoms with van der Waals surface area (Å²) in [5.41, 5.74) is 1.03. The van der Waals surface area contributed by atoms with Crippen LogP contribution in [0, 0.1) is 0 Å². The highest BCUT2D eigenvalue weighted by Gasteiger charge is 2.28. The fourth-order valence-corrected chi connectivity index (χ4v) is 2.79. The van der Waals surface area contributed by atoms with E-state index in [1.54, 1.807) is 28.9 Å². The van der Waals surface area contributed by atoms with Crippen molar-refractivity contribution < 1.29 is 9.59 Å². The summed E-state index contributed by atoms with van der Waals surface area (Å²) >= 11 is 1.29. The van der Waals surface area contributed by atoms with Gasteiger partial charge in [-0.3, -0.25) is 9.59 Å². The van der Waals surface area contributed by atoms with E-state index in [0.29, 0.717) is 22.4 Å². The van der Waals surface area contributed by atoms with E-state index in [9.17, 15) is 9.59 Å². The zero-order valence-corrected chi connectivity index (χ0v) is 12.8. The Labute approximate surface area is 131 Å². The molecular weight excluding hydrogens is 302 g/mol. The molecule has 1 amide bonds. The lowest BCUT2D eigenvalue weighted by Crippen LogP contribution is -2.16. The standard InChI is InChI=1S/C14H15N5O2S/c1-9(20)11-4-2-3-5-12(11)15-13(21)8-22-14-16-17-18-19(14)10-6-7-10/h2-5,10H,6-8H2,1H3,(H,15,21). The maximum atomic E-state index is 12.1. The number of para-hydroxylation sites is 1. The molecule has 7 nitrogen and oxygen atoms in total. The lowest BCUT2D eigenvalue weighted by molar-refractivity contribution is -0.113. The van der Waals surface area contributed by atoms with Crippen molar-refractivity contribution in [2.75, 3.05) is 11.1 Å². The lowest BCUT2D eigenvalue weighted by Gasteiger charge is -2.08. The minimum absolute atomic E-state index is 0.0822. The monoisotopic (exact) mass is 317 g/mol. The van der Waals surface area contributed by atoms with Gasteiger partial charge in [0.15, 0.2) is 5.78 Å². The smallest absolute Gasteiger partial charge is 0.234 e. The van der Waals surface area contributed by atoms with Gasteiger partial charge in [0.2, 0.25) is 11.1 Å². The number of anilines is 1. The van der Waals surface area contributed by atoms with Crippen molar-refractivity contribution in [2.45, 2.75) is 31.0 Å². The van der Waals surface area contributed by atoms with Crippen molar-refractivity contribution in [2.24, 2.45) is 0 Å². The summed E-state index contributed by atoms with van der Waals surface area (Å²) in [7, 11) is 0. The molecule has 0 unspecified atom stereocenters. The summed E-state index contributed by atoms with van der Waals surface area (Å²) in [6, 6.07) is 7.33. The average Bonchev–Trinajstić information content (AvgIpc) is 3.24. The number of amides is 1. The Morgan fingerprint density at radius 2 is 2.14 bits per heavy atom. The number of carbonyl (C=O) groups is 2. The van der Waals surface area contributed by atoms with E-state index in [-0.39, 0.29) is 17.4 Å². The molecule has 1 aromatic heterocycles. The molecule has 8 heteroatoms. The first-order chi connectivity index (χ1) is 10.6. The summed E-state index contributed by atoms with van der Waals surface area (Å²) in [5.74, 6) is -0.0791. The van der Waals surface area contributed by atoms with Gasteiger partial charge in [-0.25, -0.2) is 4.68 Å². The van der Waals surface area contributed by atoms with Crippen molar-refractivity contribution >= 4 is 29.1 Å². The molecule has 0 atom stereocenters. The van der Waals surface area contributed by atoms with Crippen molar-refractivity contribution in [1.82, 2.24) is 20.2 Å². The molecule has 2 aromatic rings. The number of nitrogens with zero attached hydrogens (tertiary/aromatic N) is 4. The number of rotatable bonds is 6. The fraction of sp³-hybridized carbons (Fsp3) is 0.357. The summed E-state index contributed by atoms with van der Waals surface area (Å²) in [6.45, 7) is 1.48. The number of tetrazole rings is 1. The molecule has 1 N–H and O–H groups in total. The van der Waals surface area contributed by atoms with Crippen molar-refractivity contribution in [3.63, 3.8) is 0 Å². The van der Waals surface area contributed by atoms with Crippen LogP contribution in [0.1, 0.15) is 36.2 Å². The minimum atomic E-state index is -0.191. The maximum absolute atomic E-state index is 12.1. The van der Waals surface area contributed by atoms with Crippen molar-refractivity contribution in [1.29, 1.82) is 0 Å². The van der Waals surface area contributed by atoms with Crippen LogP contribution in [0.2, 0.25) is 0 Å². The van der Waals surface area contributed by atoms with Gasteiger partial charge in [-0.15, -0.1) is 5.10 Å². The topological polar surface area (TPSA) is 89.8 Å². The zero-order chi connectivity index (χ0) is 15.5. The Hall–Kier alpha value is -2.22. The zero-order valence-electron chi connectivity index (χ0n) is 12.0. The Balaban J connectivity index is 1.61. The predicted molar refractivity (Wildman–Crippen MR) is 81.9 cm³/mol. The highest BCUT2D eigenvalue weighted by molar-refractivity contribution is 7.99. The summed E-state index contributed by atoms with van der Waals surface area (Å²) in [4.78, 5) is 23.6. The molecule has 0 aliphatic heterocycles. The number of benzene rings is 1. The second-order valence-corrected chi connectivity index (χ2v) is 6.02. The first kappa shape index (κ1) is 14.7. The van der Waals surface area contributed by atoms with Crippen molar-refractivity contribution in [3.05, 3.63) is 29.8 Å². The van der Waals surface area contributed by atoms with Crippen LogP contribution in [0.15, 0.2) is 29.4 Å². The molecule has 0 spiro atoms. The van der Waals surface area contributed by atoms with E-state index in [0.717, 1.165) is 12.8 Å². The van der Waals surface area contributed by atoms with Crippen LogP contribution in [0.4, 0.5) is 5.69 Å². The molecule has 1 aliphatic carbocycles. The third-order valence-corrected chi connectivity index (χ3v) is 4.20. The van der Waals surface area contributed by atoms with Gasteiger partial charge in [0.05, 0.1) is 17.5 Å². The summed E-state index contributed by atoms with van der Waals surface area (Å²) in [6.07, 6.45) is 2.16. The number of hydrogen-bond acceptors (Lipinski definition) is 6. The molecule has 0 radical (unpaired) electrons. The first-order valence-electron chi connectivity index (χ1n) is 6.95. The summed E-state index contributed by atoms with van der Waals surface area (Å²) in [5, 5.41) is 14.9. The highest BCUT2D eigenvalue weighted by Crippen LogP contribution is 2.36. The van der Waals surface area contributed by atoms with Crippen LogP contribution in [-0.2, 0) is 4.79 Å². The number of aromatic nitrogens is 4. The molecule has 114 valence electrons. The second-order valence-electron chi connectivity index (χ2n) is 5.08. The van der Waals surface area contributed by atoms with E-state index in [4.69, 9.17) is 0 Å². The molecule has 0 saturated heterocycles. The number of ketones is 1. The Morgan fingerprint density at radius 3 is 2.86 bits per heavy atom. The van der Waals surface area contributed by atoms with Gasteiger partial charge < -0.3 is 5.32 Å². The van der Waals surface area contributed by atoms with Crippen LogP contribution in [-0.4, -0.2) is 37.7 Å². The van der Waals surface area contributed by atoms with Gasteiger partial charge >= 0.3 is 0 Å². The maximum Gasteiger partial charge on any atom is 0.234 e. The minimum Gasteiger partial charge on any atom is -0.325 e. The molecule has 1 heterocycles. The van der Waals surface area contributed by atoms with Crippen LogP contribution in [0.25, 0.3) is 0 Å². The normalized spacial score (nSPS) is 13.9. The van der Waals surface area contributed by atoms with Gasteiger partial charge in [0.1, 0.15) is 0 Å². The molecule has 1 saturated carbocycles. The van der Waals surface area contributed by atoms with Gasteiger partial charge in [-0.1, -0.05) is 23.9 Å². The van der Waals surface area contributed by atoms with E-state index >= 15 is 0 Å². The lowest BCUT2D eigenvalue weighted by atomic mass is 10.1. The Bertz CT molecular complexity index is 711. The molecule has 1 aromatic carbocycles. The first-order valence-corrected chi connectivity index (χ1v) is 7.94. The SMILES string of the molecule is CC(=O)c1ccccc1NC(=O)CSc1nnnn1C1CC1. The van der Waals surface area contributed by atoms with Gasteiger partial charge in [-0.2, -0.15) is 0 Å². The van der Waals surface area contributed by atoms with Gasteiger partial charge in [0.25, 0.3) is 0 Å². The number of Topliss-reactive ketones (excluding diaryl/α,β-unsaturated/α-hetero) is 1. The van der Waals surface area contributed by atoms with Crippen LogP contribution < -0.4 is 5.32 Å². The number of nitrogens with one attached hydrogen (secondary N) is 1. The fourth-order valence-electron chi connectivity index (χ4n) is 2.04. The molecule has 0 bridgehead atoms. The van der Waals surface area contributed by atoms with E-state index < -0.39 is 0 Å². The van der Waals surface area contributed by atoms with Crippen molar-refractivity contribution in [3.8, 4) is 0 Å². The molecular formula is C14H15N5O2S. The average molecular weight is 317 g/mol. The summed E-state index contributed by atoms with van der Waals surface area (Å²) < 4.78 is 1.77. The Kier molecular flexibility index (Phi) is 4.19. The van der Waals surface area contributed by atoms with Crippen LogP contribution >= 0.6 is 11.8 Å². The number of thioether (sulfide) groups is 1. The molecule has 22 heavy (non-hydrogen) atoms. The quantitative estimate of drug-likeness (QED) is 0.647. The molecule has 3 rings (SSSR count). The van der Waals surface area contributed by atoms with E-state index in [1.807, 2.05) is 0 Å². The molecule has 1 fully saturated rings. The third kappa shape index (κ3) is 3.33. The van der Waals surface area contributed by atoms with E-state index in [1.165, 1.54) is 18.7 Å². The number of hydrogen-bond donors (Lipinski definition) is 1. The Morgan fingerprint density at radius 1 is 1.36 bits per heavy atom. The molecule has 1 aliphatic rings. The number of carbonyl (C=O) groups excluding carboxylic acids is 2. The largest absolute Gasteiger partial charge is 0.325 e. The van der Waals surface area contributed by atoms with Gasteiger partial charge in [-0.05, 0) is 42.3 Å². The van der Waals surface area contributed by atoms with Crippen LogP contribution in [0.3, 0.4) is 0 Å². The van der Waals surface area contributed by atoms with Gasteiger partial charge in [0, 0.05) is 5.56 Å². The van der Waals surface area contributed by atoms with Crippen LogP contribution in [0.5, 0.6) is 0 Å².